The summed E-state index contributed by atoms with van der Waals surface area (Å²) >= 11 is 0.884. The summed E-state index contributed by atoms with van der Waals surface area (Å²) in [6.07, 6.45) is -1.43. The van der Waals surface area contributed by atoms with E-state index in [1.165, 1.54) is 23.9 Å². The third-order valence-electron chi connectivity index (χ3n) is 1.75. The highest BCUT2D eigenvalue weighted by Crippen LogP contribution is 2.26. The fourth-order valence-corrected chi connectivity index (χ4v) is 1.84. The number of hydrogen-bond donors (Lipinski definition) is 0. The number of aromatic nitrogens is 1. The molecule has 0 aliphatic heterocycles. The monoisotopic (exact) mass is 229 g/mol. The van der Waals surface area contributed by atoms with Crippen LogP contribution in [0, 0.1) is 0 Å². The highest BCUT2D eigenvalue weighted by molar-refractivity contribution is 7.12. The molecule has 2 aromatic heterocycles. The van der Waals surface area contributed by atoms with Crippen molar-refractivity contribution in [1.29, 1.82) is 0 Å². The number of halogens is 2. The summed E-state index contributed by atoms with van der Waals surface area (Å²) in [6, 6.07) is 2.95. The summed E-state index contributed by atoms with van der Waals surface area (Å²) in [6.45, 7) is 0. The molecule has 0 radical (unpaired) electrons. The molecule has 6 heteroatoms. The average Bonchev–Trinajstić information content (AvgIpc) is 2.88. The van der Waals surface area contributed by atoms with Gasteiger partial charge in [-0.3, -0.25) is 4.79 Å². The van der Waals surface area contributed by atoms with Gasteiger partial charge in [-0.1, -0.05) is 0 Å². The summed E-state index contributed by atoms with van der Waals surface area (Å²) in [4.78, 5) is 15.0. The quantitative estimate of drug-likeness (QED) is 0.760. The van der Waals surface area contributed by atoms with Gasteiger partial charge in [-0.15, -0.1) is 11.3 Å². The van der Waals surface area contributed by atoms with Gasteiger partial charge >= 0.3 is 0 Å². The van der Waals surface area contributed by atoms with Gasteiger partial charge in [0.2, 0.25) is 5.78 Å². The number of furan rings is 1. The number of ketones is 1. The lowest BCUT2D eigenvalue weighted by Gasteiger charge is -1.97. The maximum Gasteiger partial charge on any atom is 0.281 e. The molecule has 0 bridgehead atoms. The predicted molar refractivity (Wildman–Crippen MR) is 49.2 cm³/mol. The number of hydrogen-bond acceptors (Lipinski definition) is 4. The zero-order chi connectivity index (χ0) is 10.8. The van der Waals surface area contributed by atoms with Gasteiger partial charge in [-0.05, 0) is 12.1 Å². The van der Waals surface area contributed by atoms with E-state index in [2.05, 4.69) is 4.98 Å². The molecule has 2 heterocycles. The molecule has 0 aliphatic carbocycles. The largest absolute Gasteiger partial charge is 0.461 e. The summed E-state index contributed by atoms with van der Waals surface area (Å²) in [7, 11) is 0. The van der Waals surface area contributed by atoms with Gasteiger partial charge in [0, 0.05) is 0 Å². The number of thiazole rings is 1. The van der Waals surface area contributed by atoms with Crippen molar-refractivity contribution in [3.8, 4) is 0 Å². The summed E-state index contributed by atoms with van der Waals surface area (Å²) in [5.74, 6) is -0.515. The molecule has 0 saturated heterocycles. The van der Waals surface area contributed by atoms with Crippen molar-refractivity contribution in [2.75, 3.05) is 0 Å². The molecule has 0 fully saturated rings. The van der Waals surface area contributed by atoms with E-state index in [9.17, 15) is 13.6 Å². The summed E-state index contributed by atoms with van der Waals surface area (Å²) in [5, 5.41) is 0. The predicted octanol–water partition coefficient (Wildman–Crippen LogP) is 2.90. The first kappa shape index (κ1) is 9.97. The fourth-order valence-electron chi connectivity index (χ4n) is 1.10. The van der Waals surface area contributed by atoms with Crippen LogP contribution >= 0.6 is 11.3 Å². The fraction of sp³-hybridized carbons (Fsp3) is 0.111. The molecule has 0 atom stereocenters. The van der Waals surface area contributed by atoms with Gasteiger partial charge in [0.05, 0.1) is 11.8 Å². The first-order valence-corrected chi connectivity index (χ1v) is 4.88. The van der Waals surface area contributed by atoms with E-state index in [0.29, 0.717) is 0 Å². The van der Waals surface area contributed by atoms with Crippen LogP contribution in [0.5, 0.6) is 0 Å². The molecule has 2 aromatic rings. The van der Waals surface area contributed by atoms with Crippen molar-refractivity contribution in [3.05, 3.63) is 40.2 Å². The SMILES string of the molecule is O=C(c1ccco1)c1scnc1C(F)F. The summed E-state index contributed by atoms with van der Waals surface area (Å²) in [5.41, 5.74) is 0.735. The Kier molecular flexibility index (Phi) is 2.59. The van der Waals surface area contributed by atoms with Gasteiger partial charge in [-0.25, -0.2) is 13.8 Å². The lowest BCUT2D eigenvalue weighted by atomic mass is 10.2. The molecule has 0 spiro atoms. The van der Waals surface area contributed by atoms with Crippen molar-refractivity contribution in [1.82, 2.24) is 4.98 Å². The van der Waals surface area contributed by atoms with E-state index in [0.717, 1.165) is 11.3 Å². The van der Waals surface area contributed by atoms with E-state index in [1.807, 2.05) is 0 Å². The molecule has 0 N–H and O–H groups in total. The van der Waals surface area contributed by atoms with E-state index >= 15 is 0 Å². The lowest BCUT2D eigenvalue weighted by molar-refractivity contribution is 0.0998. The zero-order valence-electron chi connectivity index (χ0n) is 7.31. The minimum Gasteiger partial charge on any atom is -0.461 e. The van der Waals surface area contributed by atoms with E-state index in [4.69, 9.17) is 4.42 Å². The Morgan fingerprint density at radius 1 is 1.53 bits per heavy atom. The lowest BCUT2D eigenvalue weighted by Crippen LogP contribution is -2.01. The maximum absolute atomic E-state index is 12.4. The van der Waals surface area contributed by atoms with Crippen LogP contribution < -0.4 is 0 Å². The van der Waals surface area contributed by atoms with Crippen molar-refractivity contribution < 1.29 is 18.0 Å². The highest BCUT2D eigenvalue weighted by atomic mass is 32.1. The third kappa shape index (κ3) is 1.80. The standard InChI is InChI=1S/C9H5F2NO2S/c10-9(11)6-8(15-4-12-6)7(13)5-2-1-3-14-5/h1-4,9H. The van der Waals surface area contributed by atoms with Crippen LogP contribution in [0.1, 0.15) is 27.6 Å². The van der Waals surface area contributed by atoms with Gasteiger partial charge < -0.3 is 4.42 Å². The summed E-state index contributed by atoms with van der Waals surface area (Å²) < 4.78 is 29.7. The van der Waals surface area contributed by atoms with E-state index in [-0.39, 0.29) is 10.6 Å². The second kappa shape index (κ2) is 3.90. The van der Waals surface area contributed by atoms with E-state index < -0.39 is 17.9 Å². The van der Waals surface area contributed by atoms with Crippen LogP contribution in [0.25, 0.3) is 0 Å². The Hall–Kier alpha value is -1.56. The smallest absolute Gasteiger partial charge is 0.281 e. The highest BCUT2D eigenvalue weighted by Gasteiger charge is 2.23. The molecule has 3 nitrogen and oxygen atoms in total. The normalized spacial score (nSPS) is 10.9. The van der Waals surface area contributed by atoms with E-state index in [1.54, 1.807) is 0 Å². The molecular weight excluding hydrogens is 224 g/mol. The molecule has 0 saturated carbocycles. The molecule has 0 amide bonds. The van der Waals surface area contributed by atoms with Crippen molar-refractivity contribution in [2.24, 2.45) is 0 Å². The van der Waals surface area contributed by atoms with Crippen LogP contribution in [-0.2, 0) is 0 Å². The van der Waals surface area contributed by atoms with Gasteiger partial charge in [-0.2, -0.15) is 0 Å². The molecule has 78 valence electrons. The van der Waals surface area contributed by atoms with Gasteiger partial charge in [0.25, 0.3) is 6.43 Å². The van der Waals surface area contributed by atoms with Gasteiger partial charge in [0.1, 0.15) is 10.6 Å². The number of alkyl halides is 2. The Morgan fingerprint density at radius 2 is 2.33 bits per heavy atom. The molecule has 0 aromatic carbocycles. The minimum atomic E-state index is -2.75. The zero-order valence-corrected chi connectivity index (χ0v) is 8.13. The number of nitrogens with zero attached hydrogens (tertiary/aromatic N) is 1. The molecule has 0 aliphatic rings. The number of carbonyl (C=O) groups is 1. The topological polar surface area (TPSA) is 43.1 Å². The molecule has 0 unspecified atom stereocenters. The van der Waals surface area contributed by atoms with Gasteiger partial charge in [0.15, 0.2) is 5.76 Å². The Morgan fingerprint density at radius 3 is 2.93 bits per heavy atom. The first-order chi connectivity index (χ1) is 7.20. The minimum absolute atomic E-state index is 0.0427. The van der Waals surface area contributed by atoms with Crippen molar-refractivity contribution >= 4 is 17.1 Å². The van der Waals surface area contributed by atoms with Crippen LogP contribution in [0.15, 0.2) is 28.3 Å². The van der Waals surface area contributed by atoms with Crippen LogP contribution in [0.2, 0.25) is 0 Å². The van der Waals surface area contributed by atoms with Crippen LogP contribution in [0.4, 0.5) is 8.78 Å². The first-order valence-electron chi connectivity index (χ1n) is 4.00. The number of rotatable bonds is 3. The average molecular weight is 229 g/mol. The Labute approximate surface area is 87.4 Å². The van der Waals surface area contributed by atoms with Crippen molar-refractivity contribution in [3.63, 3.8) is 0 Å². The Bertz CT molecular complexity index is 464. The molecular formula is C9H5F2NO2S. The second-order valence-electron chi connectivity index (χ2n) is 2.67. The molecule has 15 heavy (non-hydrogen) atoms. The molecule has 2 rings (SSSR count). The van der Waals surface area contributed by atoms with Crippen LogP contribution in [0.3, 0.4) is 0 Å². The van der Waals surface area contributed by atoms with Crippen LogP contribution in [-0.4, -0.2) is 10.8 Å². The third-order valence-corrected chi connectivity index (χ3v) is 2.59. The number of carbonyl (C=O) groups excluding carboxylic acids is 1. The maximum atomic E-state index is 12.4. The second-order valence-corrected chi connectivity index (χ2v) is 3.53. The van der Waals surface area contributed by atoms with Crippen molar-refractivity contribution in [2.45, 2.75) is 6.43 Å². The Balaban J connectivity index is 2.38.